The maximum absolute atomic E-state index is 12.1. The highest BCUT2D eigenvalue weighted by molar-refractivity contribution is 5.86. The summed E-state index contributed by atoms with van der Waals surface area (Å²) in [5.74, 6) is 0.0923. The molecule has 0 aromatic heterocycles. The first-order chi connectivity index (χ1) is 8.10. The Bertz CT molecular complexity index is 279. The van der Waals surface area contributed by atoms with Gasteiger partial charge in [0.2, 0.25) is 5.91 Å². The zero-order valence-electron chi connectivity index (χ0n) is 10.7. The molecular weight excluding hydrogens is 216 g/mol. The van der Waals surface area contributed by atoms with Crippen molar-refractivity contribution in [1.82, 2.24) is 10.6 Å². The molecule has 1 heterocycles. The zero-order chi connectivity index (χ0) is 12.4. The molecule has 3 N–H and O–H groups in total. The van der Waals surface area contributed by atoms with Gasteiger partial charge in [0.25, 0.3) is 0 Å². The lowest BCUT2D eigenvalue weighted by Crippen LogP contribution is -2.53. The first-order valence-corrected chi connectivity index (χ1v) is 6.75. The smallest absolute Gasteiger partial charge is 0.240 e. The molecule has 2 rings (SSSR count). The number of carbonyl (C=O) groups is 1. The second kappa shape index (κ2) is 4.94. The van der Waals surface area contributed by atoms with Crippen LogP contribution in [0.1, 0.15) is 45.4 Å². The number of hydrogen-bond donors (Lipinski definition) is 3. The lowest BCUT2D eigenvalue weighted by molar-refractivity contribution is -0.127. The molecule has 1 amide bonds. The molecule has 2 fully saturated rings. The molecule has 98 valence electrons. The van der Waals surface area contributed by atoms with Crippen molar-refractivity contribution >= 4 is 5.91 Å². The van der Waals surface area contributed by atoms with E-state index in [0.717, 1.165) is 32.2 Å². The summed E-state index contributed by atoms with van der Waals surface area (Å²) in [4.78, 5) is 12.1. The summed E-state index contributed by atoms with van der Waals surface area (Å²) in [5, 5.41) is 15.8. The normalized spacial score (nSPS) is 31.6. The highest BCUT2D eigenvalue weighted by Gasteiger charge is 2.38. The molecule has 1 saturated heterocycles. The van der Waals surface area contributed by atoms with Crippen molar-refractivity contribution in [3.8, 4) is 0 Å². The van der Waals surface area contributed by atoms with Crippen LogP contribution >= 0.6 is 0 Å². The molecule has 1 aliphatic carbocycles. The third-order valence-electron chi connectivity index (χ3n) is 4.49. The van der Waals surface area contributed by atoms with Crippen molar-refractivity contribution in [2.24, 2.45) is 5.41 Å². The summed E-state index contributed by atoms with van der Waals surface area (Å²) in [6.45, 7) is 3.71. The third kappa shape index (κ3) is 2.63. The number of carbonyl (C=O) groups excluding carboxylic acids is 1. The number of nitrogens with one attached hydrogen (secondary N) is 2. The lowest BCUT2D eigenvalue weighted by Gasteiger charge is -2.30. The van der Waals surface area contributed by atoms with Crippen LogP contribution in [-0.2, 0) is 4.79 Å². The van der Waals surface area contributed by atoms with Crippen molar-refractivity contribution in [2.45, 2.75) is 51.0 Å². The van der Waals surface area contributed by atoms with E-state index in [4.69, 9.17) is 0 Å². The summed E-state index contributed by atoms with van der Waals surface area (Å²) >= 11 is 0. The topological polar surface area (TPSA) is 61.4 Å². The minimum Gasteiger partial charge on any atom is -0.396 e. The Kier molecular flexibility index (Phi) is 3.73. The van der Waals surface area contributed by atoms with E-state index in [2.05, 4.69) is 10.6 Å². The summed E-state index contributed by atoms with van der Waals surface area (Å²) in [5.41, 5.74) is -0.445. The van der Waals surface area contributed by atoms with Crippen LogP contribution in [0.25, 0.3) is 0 Å². The van der Waals surface area contributed by atoms with Gasteiger partial charge in [-0.25, -0.2) is 0 Å². The molecular formula is C13H24N2O2. The summed E-state index contributed by atoms with van der Waals surface area (Å²) in [6, 6.07) is 0. The van der Waals surface area contributed by atoms with Crippen LogP contribution in [0.15, 0.2) is 0 Å². The SMILES string of the molecule is CC1(C(=O)NCC2(CO)CCCC2)CCCN1. The summed E-state index contributed by atoms with van der Waals surface area (Å²) in [6.07, 6.45) is 6.39. The van der Waals surface area contributed by atoms with Crippen molar-refractivity contribution in [3.05, 3.63) is 0 Å². The number of hydrogen-bond acceptors (Lipinski definition) is 3. The maximum atomic E-state index is 12.1. The highest BCUT2D eigenvalue weighted by atomic mass is 16.3. The minimum absolute atomic E-state index is 0.0510. The van der Waals surface area contributed by atoms with Crippen molar-refractivity contribution in [2.75, 3.05) is 19.7 Å². The minimum atomic E-state index is -0.394. The van der Waals surface area contributed by atoms with E-state index in [1.807, 2.05) is 6.92 Å². The molecule has 4 nitrogen and oxygen atoms in total. The Morgan fingerprint density at radius 2 is 2.00 bits per heavy atom. The van der Waals surface area contributed by atoms with E-state index in [0.29, 0.717) is 6.54 Å². The van der Waals surface area contributed by atoms with Gasteiger partial charge >= 0.3 is 0 Å². The van der Waals surface area contributed by atoms with Crippen molar-refractivity contribution in [3.63, 3.8) is 0 Å². The Labute approximate surface area is 103 Å². The summed E-state index contributed by atoms with van der Waals surface area (Å²) in [7, 11) is 0. The van der Waals surface area contributed by atoms with Gasteiger partial charge in [0, 0.05) is 12.0 Å². The number of aliphatic hydroxyl groups is 1. The number of aliphatic hydroxyl groups excluding tert-OH is 1. The average molecular weight is 240 g/mol. The lowest BCUT2D eigenvalue weighted by atomic mass is 9.86. The van der Waals surface area contributed by atoms with E-state index >= 15 is 0 Å². The standard InChI is InChI=1S/C13H24N2O2/c1-12(5-4-8-15-12)11(17)14-9-13(10-16)6-2-3-7-13/h15-16H,2-10H2,1H3,(H,14,17). The second-order valence-electron chi connectivity index (χ2n) is 5.91. The predicted octanol–water partition coefficient (Wildman–Crippen LogP) is 0.797. The van der Waals surface area contributed by atoms with E-state index in [9.17, 15) is 9.90 Å². The van der Waals surface area contributed by atoms with Gasteiger partial charge in [-0.2, -0.15) is 0 Å². The Hall–Kier alpha value is -0.610. The predicted molar refractivity (Wildman–Crippen MR) is 66.6 cm³/mol. The van der Waals surface area contributed by atoms with Crippen LogP contribution in [0.3, 0.4) is 0 Å². The first-order valence-electron chi connectivity index (χ1n) is 6.75. The van der Waals surface area contributed by atoms with E-state index < -0.39 is 5.54 Å². The molecule has 0 spiro atoms. The van der Waals surface area contributed by atoms with Gasteiger partial charge in [0.15, 0.2) is 0 Å². The maximum Gasteiger partial charge on any atom is 0.240 e. The van der Waals surface area contributed by atoms with E-state index in [1.54, 1.807) is 0 Å². The molecule has 1 aliphatic heterocycles. The van der Waals surface area contributed by atoms with Gasteiger partial charge in [0.1, 0.15) is 0 Å². The van der Waals surface area contributed by atoms with Gasteiger partial charge in [-0.3, -0.25) is 4.79 Å². The summed E-state index contributed by atoms with van der Waals surface area (Å²) < 4.78 is 0. The average Bonchev–Trinajstić information content (AvgIpc) is 2.96. The monoisotopic (exact) mass is 240 g/mol. The van der Waals surface area contributed by atoms with Crippen LogP contribution in [0.4, 0.5) is 0 Å². The van der Waals surface area contributed by atoms with Gasteiger partial charge in [-0.05, 0) is 39.2 Å². The quantitative estimate of drug-likeness (QED) is 0.681. The van der Waals surface area contributed by atoms with Gasteiger partial charge in [-0.1, -0.05) is 12.8 Å². The molecule has 0 bridgehead atoms. The van der Waals surface area contributed by atoms with Crippen LogP contribution in [0, 0.1) is 5.41 Å². The molecule has 0 aromatic carbocycles. The van der Waals surface area contributed by atoms with Gasteiger partial charge in [-0.15, -0.1) is 0 Å². The molecule has 0 radical (unpaired) electrons. The van der Waals surface area contributed by atoms with Gasteiger partial charge < -0.3 is 15.7 Å². The largest absolute Gasteiger partial charge is 0.396 e. The Morgan fingerprint density at radius 3 is 2.53 bits per heavy atom. The molecule has 0 aromatic rings. The van der Waals surface area contributed by atoms with Crippen LogP contribution in [-0.4, -0.2) is 36.2 Å². The van der Waals surface area contributed by atoms with E-state index in [1.165, 1.54) is 12.8 Å². The van der Waals surface area contributed by atoms with Crippen LogP contribution < -0.4 is 10.6 Å². The molecule has 1 atom stereocenters. The fourth-order valence-electron chi connectivity index (χ4n) is 3.07. The van der Waals surface area contributed by atoms with Crippen LogP contribution in [0.5, 0.6) is 0 Å². The molecule has 1 unspecified atom stereocenters. The molecule has 17 heavy (non-hydrogen) atoms. The zero-order valence-corrected chi connectivity index (χ0v) is 10.7. The third-order valence-corrected chi connectivity index (χ3v) is 4.49. The molecule has 1 saturated carbocycles. The van der Waals surface area contributed by atoms with Crippen LogP contribution in [0.2, 0.25) is 0 Å². The fourth-order valence-corrected chi connectivity index (χ4v) is 3.07. The number of rotatable bonds is 4. The van der Waals surface area contributed by atoms with Crippen molar-refractivity contribution < 1.29 is 9.90 Å². The second-order valence-corrected chi connectivity index (χ2v) is 5.91. The number of amides is 1. The molecule has 2 aliphatic rings. The van der Waals surface area contributed by atoms with E-state index in [-0.39, 0.29) is 17.9 Å². The Morgan fingerprint density at radius 1 is 1.29 bits per heavy atom. The fraction of sp³-hybridized carbons (Fsp3) is 0.923. The Balaban J connectivity index is 1.87. The highest BCUT2D eigenvalue weighted by Crippen LogP contribution is 2.37. The van der Waals surface area contributed by atoms with Gasteiger partial charge in [0.05, 0.1) is 12.1 Å². The first kappa shape index (κ1) is 12.8. The molecule has 4 heteroatoms. The van der Waals surface area contributed by atoms with Crippen molar-refractivity contribution in [1.29, 1.82) is 0 Å².